The van der Waals surface area contributed by atoms with Gasteiger partial charge < -0.3 is 10.2 Å². The normalized spacial score (nSPS) is 19.4. The van der Waals surface area contributed by atoms with Crippen molar-refractivity contribution in [1.82, 2.24) is 10.2 Å². The van der Waals surface area contributed by atoms with Crippen molar-refractivity contribution < 1.29 is 4.39 Å². The quantitative estimate of drug-likeness (QED) is 0.885. The van der Waals surface area contributed by atoms with E-state index in [-0.39, 0.29) is 11.9 Å². The van der Waals surface area contributed by atoms with Crippen LogP contribution in [-0.4, -0.2) is 30.6 Å². The van der Waals surface area contributed by atoms with Crippen molar-refractivity contribution in [1.29, 1.82) is 0 Å². The van der Waals surface area contributed by atoms with Gasteiger partial charge in [-0.25, -0.2) is 4.39 Å². The highest BCUT2D eigenvalue weighted by Gasteiger charge is 2.21. The average Bonchev–Trinajstić information content (AvgIpc) is 2.40. The van der Waals surface area contributed by atoms with Crippen molar-refractivity contribution >= 4 is 0 Å². The molecule has 1 saturated heterocycles. The van der Waals surface area contributed by atoms with Crippen LogP contribution in [0.4, 0.5) is 4.39 Å². The van der Waals surface area contributed by atoms with Crippen molar-refractivity contribution in [3.05, 3.63) is 35.6 Å². The molecule has 0 amide bonds. The third-order valence-corrected chi connectivity index (χ3v) is 4.05. The lowest BCUT2D eigenvalue weighted by Gasteiger charge is -2.34. The van der Waals surface area contributed by atoms with E-state index in [1.807, 2.05) is 6.07 Å². The molecule has 1 unspecified atom stereocenters. The highest BCUT2D eigenvalue weighted by molar-refractivity contribution is 5.19. The molecule has 1 atom stereocenters. The second-order valence-electron chi connectivity index (χ2n) is 6.41. The van der Waals surface area contributed by atoms with E-state index in [4.69, 9.17) is 0 Å². The fourth-order valence-electron chi connectivity index (χ4n) is 3.02. The first-order chi connectivity index (χ1) is 9.54. The number of hydrogen-bond acceptors (Lipinski definition) is 2. The van der Waals surface area contributed by atoms with Crippen molar-refractivity contribution in [2.45, 2.75) is 45.7 Å². The number of nitrogens with one attached hydrogen (secondary N) is 1. The number of halogens is 1. The predicted molar refractivity (Wildman–Crippen MR) is 82.3 cm³/mol. The molecule has 1 aromatic carbocycles. The molecule has 0 aliphatic carbocycles. The Hall–Kier alpha value is -0.930. The molecule has 20 heavy (non-hydrogen) atoms. The standard InChI is InChI=1S/C17H27FN2/c1-13(2)12-20-9-7-17(8-10-20)19-14(3)15-5-4-6-16(18)11-15/h4-6,11,13-14,17,19H,7-10,12H2,1-3H3. The third-order valence-electron chi connectivity index (χ3n) is 4.05. The molecule has 2 rings (SSSR count). The Labute approximate surface area is 122 Å². The van der Waals surface area contributed by atoms with Gasteiger partial charge in [0.25, 0.3) is 0 Å². The number of piperidine rings is 1. The van der Waals surface area contributed by atoms with Crippen molar-refractivity contribution in [2.75, 3.05) is 19.6 Å². The van der Waals surface area contributed by atoms with Crippen molar-refractivity contribution in [2.24, 2.45) is 5.92 Å². The van der Waals surface area contributed by atoms with Gasteiger partial charge >= 0.3 is 0 Å². The van der Waals surface area contributed by atoms with Gasteiger partial charge in [-0.15, -0.1) is 0 Å². The molecule has 0 saturated carbocycles. The van der Waals surface area contributed by atoms with Crippen LogP contribution < -0.4 is 5.32 Å². The zero-order valence-corrected chi connectivity index (χ0v) is 12.9. The van der Waals surface area contributed by atoms with Gasteiger partial charge in [0.1, 0.15) is 5.82 Å². The Kier molecular flexibility index (Phi) is 5.55. The van der Waals surface area contributed by atoms with Gasteiger partial charge in [0.15, 0.2) is 0 Å². The van der Waals surface area contributed by atoms with Crippen LogP contribution in [0, 0.1) is 11.7 Å². The molecule has 2 nitrogen and oxygen atoms in total. The van der Waals surface area contributed by atoms with Gasteiger partial charge in [0.2, 0.25) is 0 Å². The fraction of sp³-hybridized carbons (Fsp3) is 0.647. The van der Waals surface area contributed by atoms with E-state index >= 15 is 0 Å². The molecule has 112 valence electrons. The van der Waals surface area contributed by atoms with Crippen LogP contribution in [0.25, 0.3) is 0 Å². The minimum Gasteiger partial charge on any atom is -0.307 e. The van der Waals surface area contributed by atoms with Gasteiger partial charge in [-0.05, 0) is 56.5 Å². The number of benzene rings is 1. The summed E-state index contributed by atoms with van der Waals surface area (Å²) in [4.78, 5) is 2.55. The van der Waals surface area contributed by atoms with Gasteiger partial charge in [-0.2, -0.15) is 0 Å². The number of hydrogen-bond donors (Lipinski definition) is 1. The first kappa shape index (κ1) is 15.5. The molecule has 3 heteroatoms. The summed E-state index contributed by atoms with van der Waals surface area (Å²) in [5.74, 6) is 0.591. The lowest BCUT2D eigenvalue weighted by molar-refractivity contribution is 0.175. The molecule has 1 aromatic rings. The lowest BCUT2D eigenvalue weighted by atomic mass is 10.0. The summed E-state index contributed by atoms with van der Waals surface area (Å²) >= 11 is 0. The Balaban J connectivity index is 1.80. The summed E-state index contributed by atoms with van der Waals surface area (Å²) in [5.41, 5.74) is 1.04. The Morgan fingerprint density at radius 1 is 1.25 bits per heavy atom. The lowest BCUT2D eigenvalue weighted by Crippen LogP contribution is -2.44. The summed E-state index contributed by atoms with van der Waals surface area (Å²) in [5, 5.41) is 3.64. The molecule has 0 radical (unpaired) electrons. The van der Waals surface area contributed by atoms with Gasteiger partial charge in [0.05, 0.1) is 0 Å². The fourth-order valence-corrected chi connectivity index (χ4v) is 3.02. The minimum atomic E-state index is -0.150. The topological polar surface area (TPSA) is 15.3 Å². The van der Waals surface area contributed by atoms with Crippen LogP contribution in [0.2, 0.25) is 0 Å². The molecule has 0 bridgehead atoms. The predicted octanol–water partition coefficient (Wildman–Crippen LogP) is 3.60. The first-order valence-corrected chi connectivity index (χ1v) is 7.78. The van der Waals surface area contributed by atoms with Crippen LogP contribution >= 0.6 is 0 Å². The van der Waals surface area contributed by atoms with Gasteiger partial charge in [-0.1, -0.05) is 26.0 Å². The summed E-state index contributed by atoms with van der Waals surface area (Å²) in [6.07, 6.45) is 2.37. The van der Waals surface area contributed by atoms with E-state index in [2.05, 4.69) is 31.0 Å². The Morgan fingerprint density at radius 2 is 1.95 bits per heavy atom. The van der Waals surface area contributed by atoms with E-state index < -0.39 is 0 Å². The molecule has 0 spiro atoms. The zero-order chi connectivity index (χ0) is 14.5. The van der Waals surface area contributed by atoms with E-state index in [0.717, 1.165) is 11.5 Å². The third kappa shape index (κ3) is 4.57. The van der Waals surface area contributed by atoms with Crippen LogP contribution in [0.5, 0.6) is 0 Å². The molecular formula is C17H27FN2. The molecule has 1 N–H and O–H groups in total. The van der Waals surface area contributed by atoms with E-state index in [1.54, 1.807) is 12.1 Å². The maximum Gasteiger partial charge on any atom is 0.123 e. The molecule has 1 heterocycles. The highest BCUT2D eigenvalue weighted by atomic mass is 19.1. The van der Waals surface area contributed by atoms with E-state index in [9.17, 15) is 4.39 Å². The maximum atomic E-state index is 13.2. The van der Waals surface area contributed by atoms with Gasteiger partial charge in [0, 0.05) is 18.6 Å². The minimum absolute atomic E-state index is 0.150. The summed E-state index contributed by atoms with van der Waals surface area (Å²) < 4.78 is 13.2. The van der Waals surface area contributed by atoms with Crippen molar-refractivity contribution in [3.63, 3.8) is 0 Å². The van der Waals surface area contributed by atoms with Crippen LogP contribution in [0.15, 0.2) is 24.3 Å². The largest absolute Gasteiger partial charge is 0.307 e. The molecule has 1 aliphatic rings. The first-order valence-electron chi connectivity index (χ1n) is 7.78. The summed E-state index contributed by atoms with van der Waals surface area (Å²) in [7, 11) is 0. The van der Waals surface area contributed by atoms with E-state index in [1.165, 1.54) is 38.5 Å². The second kappa shape index (κ2) is 7.19. The maximum absolute atomic E-state index is 13.2. The molecular weight excluding hydrogens is 251 g/mol. The number of likely N-dealkylation sites (tertiary alicyclic amines) is 1. The smallest absolute Gasteiger partial charge is 0.123 e. The zero-order valence-electron chi connectivity index (χ0n) is 12.9. The summed E-state index contributed by atoms with van der Waals surface area (Å²) in [6.45, 7) is 10.2. The van der Waals surface area contributed by atoms with Crippen LogP contribution in [0.3, 0.4) is 0 Å². The number of rotatable bonds is 5. The van der Waals surface area contributed by atoms with Crippen LogP contribution in [-0.2, 0) is 0 Å². The van der Waals surface area contributed by atoms with Gasteiger partial charge in [-0.3, -0.25) is 0 Å². The highest BCUT2D eigenvalue weighted by Crippen LogP contribution is 2.18. The average molecular weight is 278 g/mol. The molecule has 1 aliphatic heterocycles. The van der Waals surface area contributed by atoms with Crippen molar-refractivity contribution in [3.8, 4) is 0 Å². The Bertz CT molecular complexity index is 411. The molecule has 0 aromatic heterocycles. The van der Waals surface area contributed by atoms with E-state index in [0.29, 0.717) is 6.04 Å². The molecule has 1 fully saturated rings. The van der Waals surface area contributed by atoms with Crippen LogP contribution in [0.1, 0.15) is 45.2 Å². The SMILES string of the molecule is CC(C)CN1CCC(NC(C)c2cccc(F)c2)CC1. The Morgan fingerprint density at radius 3 is 2.55 bits per heavy atom. The number of nitrogens with zero attached hydrogens (tertiary/aromatic N) is 1. The summed E-state index contributed by atoms with van der Waals surface area (Å²) in [6, 6.07) is 7.68. The monoisotopic (exact) mass is 278 g/mol. The second-order valence-corrected chi connectivity index (χ2v) is 6.41.